The number of benzene rings is 1. The van der Waals surface area contributed by atoms with Crippen LogP contribution in [-0.2, 0) is 9.59 Å². The van der Waals surface area contributed by atoms with Gasteiger partial charge in [-0.15, -0.1) is 0 Å². The highest BCUT2D eigenvalue weighted by Gasteiger charge is 2.21. The predicted octanol–water partition coefficient (Wildman–Crippen LogP) is 2.18. The molecule has 1 aromatic rings. The van der Waals surface area contributed by atoms with Crippen LogP contribution in [0.4, 0.5) is 11.4 Å². The van der Waals surface area contributed by atoms with E-state index in [4.69, 9.17) is 5.73 Å². The first kappa shape index (κ1) is 18.4. The number of hydrogen-bond donors (Lipinski definition) is 3. The summed E-state index contributed by atoms with van der Waals surface area (Å²) in [7, 11) is 0. The van der Waals surface area contributed by atoms with Crippen LogP contribution in [0, 0.1) is 0 Å². The Bertz CT molecular complexity index is 555. The van der Waals surface area contributed by atoms with Crippen LogP contribution in [0.5, 0.6) is 0 Å². The van der Waals surface area contributed by atoms with Crippen LogP contribution in [0.3, 0.4) is 0 Å². The van der Waals surface area contributed by atoms with Crippen molar-refractivity contribution in [2.45, 2.75) is 45.1 Å². The number of likely N-dealkylation sites (tertiary alicyclic amines) is 1. The summed E-state index contributed by atoms with van der Waals surface area (Å²) < 4.78 is 0. The summed E-state index contributed by atoms with van der Waals surface area (Å²) in [5, 5.41) is 5.65. The molecule has 0 radical (unpaired) electrons. The number of amides is 2. The van der Waals surface area contributed by atoms with Gasteiger partial charge in [-0.05, 0) is 64.0 Å². The quantitative estimate of drug-likeness (QED) is 0.771. The van der Waals surface area contributed by atoms with Crippen molar-refractivity contribution in [3.63, 3.8) is 0 Å². The molecule has 1 aliphatic heterocycles. The summed E-state index contributed by atoms with van der Waals surface area (Å²) >= 11 is 0. The third kappa shape index (κ3) is 5.94. The zero-order valence-electron chi connectivity index (χ0n) is 14.6. The Labute approximate surface area is 143 Å². The minimum absolute atomic E-state index is 0.00298. The topological polar surface area (TPSA) is 87.5 Å². The number of nitrogens with two attached hydrogens (primary N) is 1. The lowest BCUT2D eigenvalue weighted by molar-refractivity contribution is -0.120. The molecular weight excluding hydrogens is 304 g/mol. The summed E-state index contributed by atoms with van der Waals surface area (Å²) in [6.07, 6.45) is 4.84. The van der Waals surface area contributed by atoms with Gasteiger partial charge in [-0.2, -0.15) is 0 Å². The molecule has 4 N–H and O–H groups in total. The molecule has 132 valence electrons. The second-order valence-electron chi connectivity index (χ2n) is 6.99. The Balaban J connectivity index is 1.84. The molecule has 0 spiro atoms. The fourth-order valence-corrected chi connectivity index (χ4v) is 2.63. The monoisotopic (exact) mass is 332 g/mol. The van der Waals surface area contributed by atoms with E-state index in [9.17, 15) is 9.59 Å². The molecule has 2 amide bonds. The second kappa shape index (κ2) is 8.26. The van der Waals surface area contributed by atoms with E-state index in [2.05, 4.69) is 15.5 Å². The number of anilines is 2. The highest BCUT2D eigenvalue weighted by Crippen LogP contribution is 2.15. The zero-order chi connectivity index (χ0) is 17.6. The van der Waals surface area contributed by atoms with E-state index >= 15 is 0 Å². The van der Waals surface area contributed by atoms with Gasteiger partial charge in [0.25, 0.3) is 0 Å². The molecule has 1 aromatic carbocycles. The van der Waals surface area contributed by atoms with Crippen molar-refractivity contribution in [1.82, 2.24) is 4.90 Å². The number of nitrogens with zero attached hydrogens (tertiary/aromatic N) is 1. The number of hydrogen-bond acceptors (Lipinski definition) is 4. The summed E-state index contributed by atoms with van der Waals surface area (Å²) in [5.41, 5.74) is 6.20. The normalized spacial score (nSPS) is 16.3. The average Bonchev–Trinajstić information content (AvgIpc) is 2.77. The minimum atomic E-state index is -0.931. The third-order valence-electron chi connectivity index (χ3n) is 4.08. The van der Waals surface area contributed by atoms with E-state index in [1.54, 1.807) is 38.1 Å². The summed E-state index contributed by atoms with van der Waals surface area (Å²) in [5.74, 6) is -0.253. The molecule has 0 saturated carbocycles. The molecule has 24 heavy (non-hydrogen) atoms. The Kier molecular flexibility index (Phi) is 6.34. The summed E-state index contributed by atoms with van der Waals surface area (Å²) in [6, 6.07) is 7.06. The number of nitrogens with one attached hydrogen (secondary N) is 2. The van der Waals surface area contributed by atoms with Gasteiger partial charge >= 0.3 is 0 Å². The van der Waals surface area contributed by atoms with Gasteiger partial charge in [0.1, 0.15) is 0 Å². The van der Waals surface area contributed by atoms with Gasteiger partial charge in [0, 0.05) is 11.4 Å². The van der Waals surface area contributed by atoms with Gasteiger partial charge in [-0.3, -0.25) is 14.5 Å². The maximum atomic E-state index is 12.1. The number of carbonyl (C=O) groups is 2. The van der Waals surface area contributed by atoms with Crippen LogP contribution in [0.25, 0.3) is 0 Å². The second-order valence-corrected chi connectivity index (χ2v) is 6.99. The van der Waals surface area contributed by atoms with E-state index < -0.39 is 5.54 Å². The first-order valence-corrected chi connectivity index (χ1v) is 8.57. The lowest BCUT2D eigenvalue weighted by Crippen LogP contribution is -2.45. The molecule has 0 aliphatic carbocycles. The van der Waals surface area contributed by atoms with Crippen molar-refractivity contribution in [2.75, 3.05) is 30.3 Å². The van der Waals surface area contributed by atoms with Crippen LogP contribution < -0.4 is 16.4 Å². The fourth-order valence-electron chi connectivity index (χ4n) is 2.63. The van der Waals surface area contributed by atoms with E-state index in [1.807, 2.05) is 0 Å². The Hall–Kier alpha value is -1.92. The first-order chi connectivity index (χ1) is 11.3. The van der Waals surface area contributed by atoms with Crippen LogP contribution in [0.1, 0.15) is 39.5 Å². The third-order valence-corrected chi connectivity index (χ3v) is 4.08. The summed E-state index contributed by atoms with van der Waals surface area (Å²) in [6.45, 7) is 5.72. The Morgan fingerprint density at radius 3 is 2.00 bits per heavy atom. The summed E-state index contributed by atoms with van der Waals surface area (Å²) in [4.78, 5) is 26.2. The molecule has 0 unspecified atom stereocenters. The van der Waals surface area contributed by atoms with Crippen LogP contribution >= 0.6 is 0 Å². The Morgan fingerprint density at radius 1 is 1.00 bits per heavy atom. The predicted molar refractivity (Wildman–Crippen MR) is 96.9 cm³/mol. The Morgan fingerprint density at radius 2 is 1.50 bits per heavy atom. The molecule has 1 fully saturated rings. The smallest absolute Gasteiger partial charge is 0.243 e. The molecule has 0 atom stereocenters. The average molecular weight is 332 g/mol. The minimum Gasteiger partial charge on any atom is -0.325 e. The largest absolute Gasteiger partial charge is 0.325 e. The van der Waals surface area contributed by atoms with Crippen molar-refractivity contribution in [2.24, 2.45) is 5.73 Å². The lowest BCUT2D eigenvalue weighted by atomic mass is 10.1. The molecule has 2 rings (SSSR count). The number of carbonyl (C=O) groups excluding carboxylic acids is 2. The molecular formula is C18H28N4O2. The molecule has 6 heteroatoms. The van der Waals surface area contributed by atoms with Crippen molar-refractivity contribution < 1.29 is 9.59 Å². The molecule has 0 aromatic heterocycles. The van der Waals surface area contributed by atoms with Crippen LogP contribution in [0.15, 0.2) is 24.3 Å². The maximum absolute atomic E-state index is 12.1. The van der Waals surface area contributed by atoms with Crippen molar-refractivity contribution >= 4 is 23.2 Å². The lowest BCUT2D eigenvalue weighted by Gasteiger charge is -2.19. The van der Waals surface area contributed by atoms with E-state index in [1.165, 1.54) is 25.7 Å². The maximum Gasteiger partial charge on any atom is 0.243 e. The molecule has 1 saturated heterocycles. The van der Waals surface area contributed by atoms with Crippen molar-refractivity contribution in [1.29, 1.82) is 0 Å². The molecule has 0 bridgehead atoms. The van der Waals surface area contributed by atoms with Crippen molar-refractivity contribution in [3.8, 4) is 0 Å². The zero-order valence-corrected chi connectivity index (χ0v) is 14.6. The highest BCUT2D eigenvalue weighted by atomic mass is 16.2. The molecule has 1 aliphatic rings. The van der Waals surface area contributed by atoms with E-state index in [0.717, 1.165) is 18.8 Å². The highest BCUT2D eigenvalue weighted by molar-refractivity contribution is 5.97. The van der Waals surface area contributed by atoms with Gasteiger partial charge in [0.15, 0.2) is 0 Å². The number of rotatable bonds is 5. The van der Waals surface area contributed by atoms with E-state index in [-0.39, 0.29) is 11.8 Å². The standard InChI is InChI=1S/C18H28N4O2/c1-18(2,19)17(24)21-15-9-7-14(8-10-15)20-16(23)13-22-11-5-3-4-6-12-22/h7-10H,3-6,11-13,19H2,1-2H3,(H,20,23)(H,21,24). The van der Waals surface area contributed by atoms with E-state index in [0.29, 0.717) is 12.2 Å². The van der Waals surface area contributed by atoms with Gasteiger partial charge < -0.3 is 16.4 Å². The van der Waals surface area contributed by atoms with Crippen molar-refractivity contribution in [3.05, 3.63) is 24.3 Å². The van der Waals surface area contributed by atoms with Gasteiger partial charge in [-0.1, -0.05) is 12.8 Å². The fraction of sp³-hybridized carbons (Fsp3) is 0.556. The van der Waals surface area contributed by atoms with Gasteiger partial charge in [-0.25, -0.2) is 0 Å². The van der Waals surface area contributed by atoms with Gasteiger partial charge in [0.2, 0.25) is 11.8 Å². The first-order valence-electron chi connectivity index (χ1n) is 8.57. The van der Waals surface area contributed by atoms with Crippen LogP contribution in [-0.4, -0.2) is 41.9 Å². The van der Waals surface area contributed by atoms with Crippen LogP contribution in [0.2, 0.25) is 0 Å². The SMILES string of the molecule is CC(C)(N)C(=O)Nc1ccc(NC(=O)CN2CCCCCC2)cc1. The molecule has 1 heterocycles. The van der Waals surface area contributed by atoms with Gasteiger partial charge in [0.05, 0.1) is 12.1 Å². The molecule has 6 nitrogen and oxygen atoms in total.